The van der Waals surface area contributed by atoms with Crippen LogP contribution in [0.2, 0.25) is 0 Å². The van der Waals surface area contributed by atoms with Crippen molar-refractivity contribution in [2.75, 3.05) is 0 Å². The fraction of sp³-hybridized carbons (Fsp3) is 0.200. The van der Waals surface area contributed by atoms with Gasteiger partial charge in [-0.25, -0.2) is 0 Å². The van der Waals surface area contributed by atoms with Gasteiger partial charge in [-0.05, 0) is 29.7 Å². The van der Waals surface area contributed by atoms with E-state index < -0.39 is 12.4 Å². The molecule has 0 heterocycles. The first-order valence-electron chi connectivity index (χ1n) is 6.49. The summed E-state index contributed by atoms with van der Waals surface area (Å²) < 4.78 is 43.3. The first-order chi connectivity index (χ1) is 9.49. The molecule has 106 valence electrons. The Kier molecular flexibility index (Phi) is 4.37. The second-order valence-corrected chi connectivity index (χ2v) is 4.61. The van der Waals surface area contributed by atoms with Crippen LogP contribution in [-0.2, 0) is 13.0 Å². The lowest BCUT2D eigenvalue weighted by molar-refractivity contribution is 0.306. The molecule has 0 radical (unpaired) electrons. The van der Waals surface area contributed by atoms with E-state index in [2.05, 4.69) is 6.92 Å². The van der Waals surface area contributed by atoms with E-state index in [1.807, 2.05) is 24.3 Å². The summed E-state index contributed by atoms with van der Waals surface area (Å²) in [5.41, 5.74) is 1.52. The Hall–Kier alpha value is -1.91. The third-order valence-electron chi connectivity index (χ3n) is 3.07. The normalized spacial score (nSPS) is 11.4. The minimum Gasteiger partial charge on any atom is -0.489 e. The molecular weight excluding hydrogens is 264 g/mol. The van der Waals surface area contributed by atoms with Gasteiger partial charge in [-0.1, -0.05) is 43.3 Å². The maximum absolute atomic E-state index is 12.6. The molecule has 20 heavy (non-hydrogen) atoms. The van der Waals surface area contributed by atoms with Gasteiger partial charge in [0.25, 0.3) is 0 Å². The van der Waals surface area contributed by atoms with Crippen molar-refractivity contribution in [2.45, 2.75) is 20.0 Å². The van der Waals surface area contributed by atoms with Crippen molar-refractivity contribution in [2.24, 2.45) is 0 Å². The second kappa shape index (κ2) is 6.03. The molecule has 0 amide bonds. The number of rotatable bonds is 5. The van der Waals surface area contributed by atoms with Gasteiger partial charge in [-0.2, -0.15) is 0 Å². The van der Waals surface area contributed by atoms with Gasteiger partial charge in [0.1, 0.15) is 12.4 Å². The van der Waals surface area contributed by atoms with E-state index in [1.165, 1.54) is 17.7 Å². The van der Waals surface area contributed by atoms with Crippen LogP contribution in [0, 0.1) is 0 Å². The monoisotopic (exact) mass is 279 g/mol. The molecule has 0 aliphatic heterocycles. The summed E-state index contributed by atoms with van der Waals surface area (Å²) in [4.78, 5) is 0. The van der Waals surface area contributed by atoms with Gasteiger partial charge in [-0.3, -0.25) is 0 Å². The Labute approximate surface area is 116 Å². The highest BCUT2D eigenvalue weighted by Gasteiger charge is 2.25. The van der Waals surface area contributed by atoms with E-state index in [9.17, 15) is 12.9 Å². The summed E-state index contributed by atoms with van der Waals surface area (Å²) in [6, 6.07) is 12.8. The fourth-order valence-corrected chi connectivity index (χ4v) is 1.85. The average molecular weight is 279 g/mol. The van der Waals surface area contributed by atoms with Crippen LogP contribution in [0.1, 0.15) is 18.1 Å². The van der Waals surface area contributed by atoms with Gasteiger partial charge in [0.2, 0.25) is 0 Å². The molecule has 0 aromatic heterocycles. The van der Waals surface area contributed by atoms with Gasteiger partial charge < -0.3 is 17.7 Å². The highest BCUT2D eigenvalue weighted by atomic mass is 19.4. The molecule has 0 aliphatic rings. The third-order valence-corrected chi connectivity index (χ3v) is 3.07. The van der Waals surface area contributed by atoms with Gasteiger partial charge >= 0.3 is 6.98 Å². The number of halogens is 3. The van der Waals surface area contributed by atoms with Crippen LogP contribution in [0.25, 0.3) is 0 Å². The van der Waals surface area contributed by atoms with Crippen LogP contribution in [0.4, 0.5) is 12.9 Å². The van der Waals surface area contributed by atoms with Gasteiger partial charge in [0.15, 0.2) is 0 Å². The zero-order valence-electron chi connectivity index (χ0n) is 11.2. The highest BCUT2D eigenvalue weighted by Crippen LogP contribution is 2.16. The zero-order chi connectivity index (χ0) is 14.6. The molecule has 0 spiro atoms. The summed E-state index contributed by atoms with van der Waals surface area (Å²) in [6.07, 6.45) is 0.955. The van der Waals surface area contributed by atoms with Crippen molar-refractivity contribution < 1.29 is 17.7 Å². The van der Waals surface area contributed by atoms with E-state index >= 15 is 0 Å². The van der Waals surface area contributed by atoms with Crippen molar-refractivity contribution in [3.63, 3.8) is 0 Å². The number of hydrogen-bond acceptors (Lipinski definition) is 1. The molecule has 0 saturated carbocycles. The summed E-state index contributed by atoms with van der Waals surface area (Å²) in [5.74, 6) is 0.237. The predicted molar refractivity (Wildman–Crippen MR) is 75.3 cm³/mol. The molecule has 2 aromatic rings. The maximum Gasteiger partial charge on any atom is 0.509 e. The van der Waals surface area contributed by atoms with Crippen LogP contribution in [0.15, 0.2) is 48.5 Å². The van der Waals surface area contributed by atoms with E-state index in [0.717, 1.165) is 24.1 Å². The molecule has 5 heteroatoms. The predicted octanol–water partition coefficient (Wildman–Crippen LogP) is 3.88. The largest absolute Gasteiger partial charge is 0.509 e. The summed E-state index contributed by atoms with van der Waals surface area (Å²) in [6.45, 7) is -2.66. The van der Waals surface area contributed by atoms with Crippen molar-refractivity contribution in [1.29, 1.82) is 0 Å². The van der Waals surface area contributed by atoms with Crippen LogP contribution < -0.4 is 10.2 Å². The lowest BCUT2D eigenvalue weighted by atomic mass is 9.80. The molecule has 0 bridgehead atoms. The summed E-state index contributed by atoms with van der Waals surface area (Å²) >= 11 is 0. The lowest BCUT2D eigenvalue weighted by Gasteiger charge is -2.16. The molecule has 0 fully saturated rings. The lowest BCUT2D eigenvalue weighted by Crippen LogP contribution is -2.33. The van der Waals surface area contributed by atoms with Crippen LogP contribution in [0.5, 0.6) is 5.75 Å². The molecular formula is C15H15BF3O-. The quantitative estimate of drug-likeness (QED) is 0.755. The number of benzene rings is 2. The highest BCUT2D eigenvalue weighted by molar-refractivity contribution is 6.73. The van der Waals surface area contributed by atoms with Crippen LogP contribution in [-0.4, -0.2) is 6.98 Å². The molecule has 2 rings (SSSR count). The van der Waals surface area contributed by atoms with Crippen molar-refractivity contribution >= 4 is 12.4 Å². The van der Waals surface area contributed by atoms with Gasteiger partial charge in [0.05, 0.1) is 0 Å². The Bertz CT molecular complexity index is 564. The first kappa shape index (κ1) is 14.5. The Morgan fingerprint density at radius 3 is 2.20 bits per heavy atom. The van der Waals surface area contributed by atoms with E-state index in [0.29, 0.717) is 0 Å². The van der Waals surface area contributed by atoms with E-state index in [1.54, 1.807) is 0 Å². The number of hydrogen-bond donors (Lipinski definition) is 0. The maximum atomic E-state index is 12.6. The standard InChI is InChI=1S/C15H15BF3O/c1-2-12-6-8-13(9-7-12)11-20-15-5-3-4-14(10-15)16(17,18)19/h3-10H,2,11H2,1H3/q-1. The van der Waals surface area contributed by atoms with Gasteiger partial charge in [-0.15, -0.1) is 5.46 Å². The van der Waals surface area contributed by atoms with E-state index in [4.69, 9.17) is 4.74 Å². The first-order valence-corrected chi connectivity index (χ1v) is 6.49. The van der Waals surface area contributed by atoms with Crippen LogP contribution in [0.3, 0.4) is 0 Å². The minimum atomic E-state index is -4.98. The Morgan fingerprint density at radius 2 is 1.60 bits per heavy atom. The molecule has 1 nitrogen and oxygen atoms in total. The third kappa shape index (κ3) is 3.79. The summed E-state index contributed by atoms with van der Waals surface area (Å²) in [5, 5.41) is 0. The van der Waals surface area contributed by atoms with Crippen molar-refractivity contribution in [1.82, 2.24) is 0 Å². The molecule has 0 saturated heterocycles. The molecule has 0 aliphatic carbocycles. The smallest absolute Gasteiger partial charge is 0.489 e. The topological polar surface area (TPSA) is 9.23 Å². The zero-order valence-corrected chi connectivity index (χ0v) is 11.2. The average Bonchev–Trinajstić information content (AvgIpc) is 2.45. The van der Waals surface area contributed by atoms with Crippen molar-refractivity contribution in [3.05, 3.63) is 59.7 Å². The second-order valence-electron chi connectivity index (χ2n) is 4.61. The number of ether oxygens (including phenoxy) is 1. The molecule has 0 atom stereocenters. The SMILES string of the molecule is CCc1ccc(COc2cccc([B-](F)(F)F)c2)cc1. The van der Waals surface area contributed by atoms with Crippen molar-refractivity contribution in [3.8, 4) is 5.75 Å². The van der Waals surface area contributed by atoms with Crippen LogP contribution >= 0.6 is 0 Å². The molecule has 2 aromatic carbocycles. The fourth-order valence-electron chi connectivity index (χ4n) is 1.85. The van der Waals surface area contributed by atoms with E-state index in [-0.39, 0.29) is 12.4 Å². The Balaban J connectivity index is 2.03. The Morgan fingerprint density at radius 1 is 0.950 bits per heavy atom. The molecule has 0 unspecified atom stereocenters. The molecule has 0 N–H and O–H groups in total. The summed E-state index contributed by atoms with van der Waals surface area (Å²) in [7, 11) is 0. The van der Waals surface area contributed by atoms with Gasteiger partial charge in [0, 0.05) is 0 Å². The number of aryl methyl sites for hydroxylation is 1. The minimum absolute atomic E-state index is 0.237.